The minimum absolute atomic E-state index is 0.144. The fourth-order valence-electron chi connectivity index (χ4n) is 2.91. The molecule has 0 aromatic heterocycles. The van der Waals surface area contributed by atoms with Crippen LogP contribution in [0.3, 0.4) is 0 Å². The van der Waals surface area contributed by atoms with Crippen LogP contribution in [0.1, 0.15) is 6.42 Å². The predicted molar refractivity (Wildman–Crippen MR) is 84.9 cm³/mol. The van der Waals surface area contributed by atoms with Gasteiger partial charge in [0.25, 0.3) is 0 Å². The zero-order chi connectivity index (χ0) is 15.6. The maximum Gasteiger partial charge on any atom is 0.223 e. The zero-order valence-electron chi connectivity index (χ0n) is 13.5. The van der Waals surface area contributed by atoms with Crippen LogP contribution in [0.5, 0.6) is 0 Å². The van der Waals surface area contributed by atoms with Gasteiger partial charge in [-0.3, -0.25) is 14.6 Å². The Labute approximate surface area is 133 Å². The first-order valence-electron chi connectivity index (χ1n) is 8.41. The van der Waals surface area contributed by atoms with Crippen molar-refractivity contribution in [2.45, 2.75) is 6.42 Å². The molecule has 0 saturated carbocycles. The lowest BCUT2D eigenvalue weighted by molar-refractivity contribution is -0.132. The Hall–Kier alpha value is -0.730. The second-order valence-corrected chi connectivity index (χ2v) is 5.90. The van der Waals surface area contributed by atoms with E-state index in [1.54, 1.807) is 0 Å². The van der Waals surface area contributed by atoms with E-state index in [0.29, 0.717) is 13.0 Å². The average Bonchev–Trinajstić information content (AvgIpc) is 2.59. The van der Waals surface area contributed by atoms with Crippen molar-refractivity contribution in [3.8, 4) is 0 Å². The van der Waals surface area contributed by atoms with Crippen molar-refractivity contribution >= 4 is 5.91 Å². The van der Waals surface area contributed by atoms with Gasteiger partial charge < -0.3 is 20.1 Å². The number of nitrogens with zero attached hydrogens (tertiary/aromatic N) is 3. The van der Waals surface area contributed by atoms with Gasteiger partial charge in [0, 0.05) is 71.9 Å². The Bertz CT molecular complexity index is 318. The van der Waals surface area contributed by atoms with Gasteiger partial charge in [0.1, 0.15) is 0 Å². The molecule has 0 radical (unpaired) electrons. The van der Waals surface area contributed by atoms with Crippen LogP contribution in [0.2, 0.25) is 0 Å². The Balaban J connectivity index is 1.67. The number of morpholine rings is 1. The first kappa shape index (κ1) is 17.6. The second kappa shape index (κ2) is 10.1. The van der Waals surface area contributed by atoms with E-state index >= 15 is 0 Å². The van der Waals surface area contributed by atoms with Gasteiger partial charge in [0.05, 0.1) is 19.8 Å². The number of carbonyl (C=O) groups is 1. The molecule has 2 heterocycles. The van der Waals surface area contributed by atoms with E-state index in [9.17, 15) is 9.90 Å². The van der Waals surface area contributed by atoms with E-state index in [0.717, 1.165) is 72.1 Å². The molecule has 0 aromatic rings. The van der Waals surface area contributed by atoms with Crippen molar-refractivity contribution in [2.24, 2.45) is 0 Å². The Morgan fingerprint density at radius 2 is 1.82 bits per heavy atom. The fourth-order valence-corrected chi connectivity index (χ4v) is 2.91. The number of aliphatic hydroxyl groups is 1. The molecule has 2 aliphatic heterocycles. The summed E-state index contributed by atoms with van der Waals surface area (Å²) in [5.41, 5.74) is 0. The summed E-state index contributed by atoms with van der Waals surface area (Å²) in [7, 11) is 0. The third-order valence-corrected chi connectivity index (χ3v) is 4.36. The van der Waals surface area contributed by atoms with E-state index in [1.165, 1.54) is 0 Å². The number of aliphatic hydroxyl groups excluding tert-OH is 1. The molecule has 0 aliphatic carbocycles. The third kappa shape index (κ3) is 6.18. The molecule has 0 spiro atoms. The summed E-state index contributed by atoms with van der Waals surface area (Å²) in [6, 6.07) is 0. The number of amides is 1. The molecule has 22 heavy (non-hydrogen) atoms. The first-order chi connectivity index (χ1) is 10.8. The van der Waals surface area contributed by atoms with E-state index in [-0.39, 0.29) is 12.5 Å². The van der Waals surface area contributed by atoms with Crippen LogP contribution in [0, 0.1) is 0 Å². The van der Waals surface area contributed by atoms with Crippen LogP contribution in [0.15, 0.2) is 0 Å². The molecular weight excluding hydrogens is 284 g/mol. The summed E-state index contributed by atoms with van der Waals surface area (Å²) in [4.78, 5) is 18.7. The number of carbonyl (C=O) groups excluding carboxylic acids is 1. The SMILES string of the molecule is O=C(CCN(CCO)CCN1CCOCC1)N1CCNCC1. The fraction of sp³-hybridized carbons (Fsp3) is 0.933. The topological polar surface area (TPSA) is 68.3 Å². The van der Waals surface area contributed by atoms with E-state index in [2.05, 4.69) is 15.1 Å². The molecular formula is C15H30N4O3. The lowest BCUT2D eigenvalue weighted by Crippen LogP contribution is -2.47. The average molecular weight is 314 g/mol. The zero-order valence-corrected chi connectivity index (χ0v) is 13.5. The number of nitrogens with one attached hydrogen (secondary N) is 1. The molecule has 2 fully saturated rings. The summed E-state index contributed by atoms with van der Waals surface area (Å²) in [6.45, 7) is 10.4. The highest BCUT2D eigenvalue weighted by atomic mass is 16.5. The number of hydrogen-bond acceptors (Lipinski definition) is 6. The lowest BCUT2D eigenvalue weighted by atomic mass is 10.3. The van der Waals surface area contributed by atoms with Gasteiger partial charge in [-0.05, 0) is 0 Å². The van der Waals surface area contributed by atoms with Gasteiger partial charge in [0.2, 0.25) is 5.91 Å². The van der Waals surface area contributed by atoms with E-state index in [4.69, 9.17) is 4.74 Å². The lowest BCUT2D eigenvalue weighted by Gasteiger charge is -2.31. The molecule has 2 N–H and O–H groups in total. The summed E-state index contributed by atoms with van der Waals surface area (Å²) >= 11 is 0. The summed E-state index contributed by atoms with van der Waals surface area (Å²) in [5.74, 6) is 0.232. The molecule has 2 saturated heterocycles. The van der Waals surface area contributed by atoms with Gasteiger partial charge in [-0.2, -0.15) is 0 Å². The normalized spacial score (nSPS) is 20.5. The summed E-state index contributed by atoms with van der Waals surface area (Å²) < 4.78 is 5.35. The molecule has 0 aromatic carbocycles. The second-order valence-electron chi connectivity index (χ2n) is 5.90. The monoisotopic (exact) mass is 314 g/mol. The third-order valence-electron chi connectivity index (χ3n) is 4.36. The van der Waals surface area contributed by atoms with Crippen molar-refractivity contribution in [1.29, 1.82) is 0 Å². The van der Waals surface area contributed by atoms with Gasteiger partial charge in [-0.15, -0.1) is 0 Å². The van der Waals surface area contributed by atoms with Gasteiger partial charge in [-0.1, -0.05) is 0 Å². The highest BCUT2D eigenvalue weighted by molar-refractivity contribution is 5.76. The van der Waals surface area contributed by atoms with Gasteiger partial charge >= 0.3 is 0 Å². The summed E-state index contributed by atoms with van der Waals surface area (Å²) in [5, 5.41) is 12.5. The van der Waals surface area contributed by atoms with Gasteiger partial charge in [0.15, 0.2) is 0 Å². The Morgan fingerprint density at radius 1 is 1.09 bits per heavy atom. The van der Waals surface area contributed by atoms with Crippen LogP contribution in [0.4, 0.5) is 0 Å². The Kier molecular flexibility index (Phi) is 8.11. The largest absolute Gasteiger partial charge is 0.395 e. The quantitative estimate of drug-likeness (QED) is 0.564. The number of ether oxygens (including phenoxy) is 1. The van der Waals surface area contributed by atoms with Crippen LogP contribution < -0.4 is 5.32 Å². The molecule has 0 atom stereocenters. The summed E-state index contributed by atoms with van der Waals surface area (Å²) in [6.07, 6.45) is 0.545. The van der Waals surface area contributed by atoms with Crippen molar-refractivity contribution in [1.82, 2.24) is 20.0 Å². The molecule has 0 unspecified atom stereocenters. The van der Waals surface area contributed by atoms with Crippen LogP contribution in [-0.2, 0) is 9.53 Å². The highest BCUT2D eigenvalue weighted by Crippen LogP contribution is 2.01. The van der Waals surface area contributed by atoms with Crippen molar-refractivity contribution < 1.29 is 14.6 Å². The number of hydrogen-bond donors (Lipinski definition) is 2. The van der Waals surface area contributed by atoms with E-state index < -0.39 is 0 Å². The molecule has 0 bridgehead atoms. The smallest absolute Gasteiger partial charge is 0.223 e. The molecule has 2 rings (SSSR count). The minimum Gasteiger partial charge on any atom is -0.395 e. The standard InChI is InChI=1S/C15H30N4O3/c20-12-9-17(7-8-18-10-13-22-14-11-18)4-1-15(21)19-5-2-16-3-6-19/h16,20H,1-14H2. The minimum atomic E-state index is 0.144. The van der Waals surface area contributed by atoms with Crippen LogP contribution >= 0.6 is 0 Å². The highest BCUT2D eigenvalue weighted by Gasteiger charge is 2.18. The number of piperazine rings is 1. The van der Waals surface area contributed by atoms with Gasteiger partial charge in [-0.25, -0.2) is 0 Å². The maximum atomic E-state index is 12.2. The van der Waals surface area contributed by atoms with Crippen molar-refractivity contribution in [2.75, 3.05) is 85.3 Å². The number of rotatable bonds is 8. The van der Waals surface area contributed by atoms with Crippen molar-refractivity contribution in [3.63, 3.8) is 0 Å². The maximum absolute atomic E-state index is 12.2. The predicted octanol–water partition coefficient (Wildman–Crippen LogP) is -1.57. The first-order valence-corrected chi connectivity index (χ1v) is 8.41. The molecule has 1 amide bonds. The molecule has 128 valence electrons. The van der Waals surface area contributed by atoms with E-state index in [1.807, 2.05) is 4.90 Å². The van der Waals surface area contributed by atoms with Crippen molar-refractivity contribution in [3.05, 3.63) is 0 Å². The molecule has 7 heteroatoms. The van der Waals surface area contributed by atoms with Crippen LogP contribution in [-0.4, -0.2) is 111 Å². The molecule has 2 aliphatic rings. The Morgan fingerprint density at radius 3 is 2.50 bits per heavy atom. The van der Waals surface area contributed by atoms with Crippen LogP contribution in [0.25, 0.3) is 0 Å². The molecule has 7 nitrogen and oxygen atoms in total.